The minimum absolute atomic E-state index is 0.0694. The first-order chi connectivity index (χ1) is 11.6. The molecule has 24 heavy (non-hydrogen) atoms. The number of nitrogens with one attached hydrogen (secondary N) is 1. The molecule has 2 atom stereocenters. The van der Waals surface area contributed by atoms with Crippen LogP contribution in [0, 0.1) is 0 Å². The van der Waals surface area contributed by atoms with Crippen LogP contribution in [0.15, 0.2) is 24.7 Å². The highest BCUT2D eigenvalue weighted by Crippen LogP contribution is 2.38. The van der Waals surface area contributed by atoms with E-state index in [2.05, 4.69) is 39.6 Å². The van der Waals surface area contributed by atoms with E-state index in [1.807, 2.05) is 4.90 Å². The quantitative estimate of drug-likeness (QED) is 0.862. The van der Waals surface area contributed by atoms with Gasteiger partial charge < -0.3 is 14.8 Å². The van der Waals surface area contributed by atoms with Crippen molar-refractivity contribution in [2.75, 3.05) is 24.5 Å². The van der Waals surface area contributed by atoms with Crippen molar-refractivity contribution in [1.29, 1.82) is 0 Å². The first kappa shape index (κ1) is 15.2. The lowest BCUT2D eigenvalue weighted by Gasteiger charge is -2.43. The van der Waals surface area contributed by atoms with Gasteiger partial charge in [-0.2, -0.15) is 0 Å². The van der Waals surface area contributed by atoms with Gasteiger partial charge in [0.05, 0.1) is 5.39 Å². The van der Waals surface area contributed by atoms with E-state index >= 15 is 0 Å². The molecule has 1 N–H and O–H groups in total. The number of likely N-dealkylation sites (tertiary alicyclic amines) is 1. The summed E-state index contributed by atoms with van der Waals surface area (Å²) < 4.78 is 0. The second-order valence-corrected chi connectivity index (χ2v) is 7.05. The smallest absolute Gasteiger partial charge is 0.248 e. The summed E-state index contributed by atoms with van der Waals surface area (Å²) in [4.78, 5) is 28.8. The summed E-state index contributed by atoms with van der Waals surface area (Å²) in [7, 11) is 0. The molecule has 2 aromatic rings. The monoisotopic (exact) mass is 325 g/mol. The van der Waals surface area contributed by atoms with E-state index in [4.69, 9.17) is 0 Å². The number of hydrogen-bond acceptors (Lipinski definition) is 4. The number of rotatable bonds is 2. The molecule has 0 aromatic carbocycles. The fourth-order valence-corrected chi connectivity index (χ4v) is 4.04. The zero-order valence-electron chi connectivity index (χ0n) is 14.2. The van der Waals surface area contributed by atoms with Gasteiger partial charge in [0.1, 0.15) is 17.8 Å². The molecular formula is C18H23N5O. The van der Waals surface area contributed by atoms with Gasteiger partial charge in [0.2, 0.25) is 5.91 Å². The lowest BCUT2D eigenvalue weighted by Crippen LogP contribution is -2.52. The van der Waals surface area contributed by atoms with Crippen LogP contribution in [-0.4, -0.2) is 51.4 Å². The summed E-state index contributed by atoms with van der Waals surface area (Å²) in [5.41, 5.74) is 2.81. The van der Waals surface area contributed by atoms with Gasteiger partial charge in [-0.1, -0.05) is 13.5 Å². The number of hydrogen-bond donors (Lipinski definition) is 1. The van der Waals surface area contributed by atoms with Crippen LogP contribution in [0.25, 0.3) is 11.0 Å². The largest absolute Gasteiger partial charge is 0.351 e. The highest BCUT2D eigenvalue weighted by molar-refractivity contribution is 5.93. The van der Waals surface area contributed by atoms with Crippen LogP contribution in [0.1, 0.15) is 38.2 Å². The predicted octanol–water partition coefficient (Wildman–Crippen LogP) is 2.45. The second-order valence-electron chi connectivity index (χ2n) is 7.05. The zero-order valence-corrected chi connectivity index (χ0v) is 14.2. The summed E-state index contributed by atoms with van der Waals surface area (Å²) in [5, 5.41) is 1.14. The van der Waals surface area contributed by atoms with Crippen LogP contribution in [0.3, 0.4) is 0 Å². The molecule has 6 heteroatoms. The third-order valence-electron chi connectivity index (χ3n) is 5.24. The Bertz CT molecular complexity index is 811. The molecule has 0 aliphatic carbocycles. The molecule has 0 saturated carbocycles. The van der Waals surface area contributed by atoms with Crippen molar-refractivity contribution in [3.8, 4) is 0 Å². The highest BCUT2D eigenvalue weighted by Gasteiger charge is 2.34. The van der Waals surface area contributed by atoms with Crippen LogP contribution in [0.4, 0.5) is 5.82 Å². The molecule has 1 amide bonds. The Morgan fingerprint density at radius 2 is 2.21 bits per heavy atom. The highest BCUT2D eigenvalue weighted by atomic mass is 16.2. The third kappa shape index (κ3) is 2.28. The molecule has 126 valence electrons. The molecule has 6 nitrogen and oxygen atoms in total. The molecule has 4 rings (SSSR count). The maximum Gasteiger partial charge on any atom is 0.248 e. The SMILES string of the molecule is C=C(C)C(=O)N1CCC[C@@H](N2CC(C)c3c[nH]c4ncnc2c34)C1. The van der Waals surface area contributed by atoms with E-state index in [0.29, 0.717) is 17.5 Å². The molecule has 0 radical (unpaired) electrons. The third-order valence-corrected chi connectivity index (χ3v) is 5.24. The Hall–Kier alpha value is -2.37. The summed E-state index contributed by atoms with van der Waals surface area (Å²) >= 11 is 0. The van der Waals surface area contributed by atoms with Crippen LogP contribution < -0.4 is 4.90 Å². The second kappa shape index (κ2) is 5.61. The lowest BCUT2D eigenvalue weighted by molar-refractivity contribution is -0.128. The fourth-order valence-electron chi connectivity index (χ4n) is 4.04. The Labute approximate surface area is 141 Å². The number of anilines is 1. The normalized spacial score (nSPS) is 23.6. The van der Waals surface area contributed by atoms with Gasteiger partial charge in [0, 0.05) is 43.4 Å². The first-order valence-corrected chi connectivity index (χ1v) is 8.59. The molecular weight excluding hydrogens is 302 g/mol. The molecule has 0 spiro atoms. The average Bonchev–Trinajstić information content (AvgIpc) is 3.03. The maximum atomic E-state index is 12.3. The van der Waals surface area contributed by atoms with Gasteiger partial charge in [-0.3, -0.25) is 4.79 Å². The molecule has 4 heterocycles. The fraction of sp³-hybridized carbons (Fsp3) is 0.500. The Balaban J connectivity index is 1.68. The number of amides is 1. The van der Waals surface area contributed by atoms with Crippen LogP contribution in [0.2, 0.25) is 0 Å². The standard InChI is InChI=1S/C18H23N5O/c1-11(2)18(24)22-6-4-5-13(9-22)23-8-12(3)14-7-19-16-15(14)17(23)21-10-20-16/h7,10,12-13H,1,4-6,8-9H2,2-3H3,(H,19,20,21)/t12?,13-/m1/s1. The van der Waals surface area contributed by atoms with E-state index < -0.39 is 0 Å². The van der Waals surface area contributed by atoms with Gasteiger partial charge in [-0.15, -0.1) is 0 Å². The predicted molar refractivity (Wildman–Crippen MR) is 94.1 cm³/mol. The van der Waals surface area contributed by atoms with E-state index in [1.165, 1.54) is 5.56 Å². The topological polar surface area (TPSA) is 65.1 Å². The molecule has 2 aliphatic rings. The van der Waals surface area contributed by atoms with Crippen molar-refractivity contribution < 1.29 is 4.79 Å². The van der Waals surface area contributed by atoms with Gasteiger partial charge in [-0.05, 0) is 25.3 Å². The van der Waals surface area contributed by atoms with E-state index in [9.17, 15) is 4.79 Å². The Morgan fingerprint density at radius 3 is 3.00 bits per heavy atom. The van der Waals surface area contributed by atoms with Crippen molar-refractivity contribution in [3.63, 3.8) is 0 Å². The summed E-state index contributed by atoms with van der Waals surface area (Å²) in [6.07, 6.45) is 5.78. The summed E-state index contributed by atoms with van der Waals surface area (Å²) in [6.45, 7) is 10.3. The number of aromatic nitrogens is 3. The first-order valence-electron chi connectivity index (χ1n) is 8.59. The molecule has 1 saturated heterocycles. The molecule has 1 unspecified atom stereocenters. The Kier molecular flexibility index (Phi) is 3.55. The summed E-state index contributed by atoms with van der Waals surface area (Å²) in [6, 6.07) is 0.297. The average molecular weight is 325 g/mol. The minimum atomic E-state index is 0.0694. The number of carbonyl (C=O) groups excluding carboxylic acids is 1. The van der Waals surface area contributed by atoms with Crippen LogP contribution in [0.5, 0.6) is 0 Å². The number of H-pyrrole nitrogens is 1. The molecule has 2 aromatic heterocycles. The van der Waals surface area contributed by atoms with E-state index in [1.54, 1.807) is 13.3 Å². The minimum Gasteiger partial charge on any atom is -0.351 e. The molecule has 1 fully saturated rings. The van der Waals surface area contributed by atoms with Gasteiger partial charge in [-0.25, -0.2) is 9.97 Å². The van der Waals surface area contributed by atoms with Crippen molar-refractivity contribution in [2.24, 2.45) is 0 Å². The number of piperidine rings is 1. The number of nitrogens with zero attached hydrogens (tertiary/aromatic N) is 4. The lowest BCUT2D eigenvalue weighted by atomic mass is 9.93. The van der Waals surface area contributed by atoms with Crippen LogP contribution >= 0.6 is 0 Å². The van der Waals surface area contributed by atoms with Crippen molar-refractivity contribution in [2.45, 2.75) is 38.6 Å². The number of carbonyl (C=O) groups is 1. The maximum absolute atomic E-state index is 12.3. The molecule has 0 bridgehead atoms. The van der Waals surface area contributed by atoms with Crippen molar-refractivity contribution >= 4 is 22.8 Å². The van der Waals surface area contributed by atoms with Crippen LogP contribution in [-0.2, 0) is 4.79 Å². The van der Waals surface area contributed by atoms with Gasteiger partial charge >= 0.3 is 0 Å². The van der Waals surface area contributed by atoms with Crippen molar-refractivity contribution in [3.05, 3.63) is 30.2 Å². The molecule has 2 aliphatic heterocycles. The van der Waals surface area contributed by atoms with Gasteiger partial charge in [0.25, 0.3) is 0 Å². The Morgan fingerprint density at radius 1 is 1.38 bits per heavy atom. The van der Waals surface area contributed by atoms with E-state index in [-0.39, 0.29) is 5.91 Å². The van der Waals surface area contributed by atoms with Gasteiger partial charge in [0.15, 0.2) is 0 Å². The van der Waals surface area contributed by atoms with E-state index in [0.717, 1.165) is 49.3 Å². The number of aromatic amines is 1. The summed E-state index contributed by atoms with van der Waals surface area (Å²) in [5.74, 6) is 1.49. The van der Waals surface area contributed by atoms with Crippen molar-refractivity contribution in [1.82, 2.24) is 19.9 Å². The zero-order chi connectivity index (χ0) is 16.8.